The molecule has 0 spiro atoms. The molecule has 0 bridgehead atoms. The summed E-state index contributed by atoms with van der Waals surface area (Å²) in [4.78, 5) is 18.5. The average molecular weight is 241 g/mol. The summed E-state index contributed by atoms with van der Waals surface area (Å²) >= 11 is 0. The summed E-state index contributed by atoms with van der Waals surface area (Å²) in [6, 6.07) is 0. The number of likely N-dealkylation sites (N-methyl/N-ethyl adjacent to an activating group) is 1. The van der Waals surface area contributed by atoms with E-state index >= 15 is 0 Å². The topological polar surface area (TPSA) is 26.8 Å². The number of unbranched alkanes of at least 4 members (excludes halogenated alkanes) is 1. The molecule has 1 aliphatic heterocycles. The zero-order valence-corrected chi connectivity index (χ0v) is 11.6. The van der Waals surface area contributed by atoms with Gasteiger partial charge in [0.05, 0.1) is 0 Å². The van der Waals surface area contributed by atoms with E-state index in [1.165, 1.54) is 12.8 Å². The maximum Gasteiger partial charge on any atom is 0.223 e. The molecular weight excluding hydrogens is 214 g/mol. The van der Waals surface area contributed by atoms with Crippen LogP contribution in [0.25, 0.3) is 0 Å². The van der Waals surface area contributed by atoms with Gasteiger partial charge in [-0.1, -0.05) is 13.3 Å². The zero-order valence-electron chi connectivity index (χ0n) is 11.6. The third-order valence-corrected chi connectivity index (χ3v) is 3.46. The molecule has 1 saturated heterocycles. The van der Waals surface area contributed by atoms with Gasteiger partial charge in [0.2, 0.25) is 5.91 Å². The first kappa shape index (κ1) is 14.5. The molecular formula is C13H27N3O. The predicted molar refractivity (Wildman–Crippen MR) is 71.1 cm³/mol. The van der Waals surface area contributed by atoms with Crippen LogP contribution >= 0.6 is 0 Å². The van der Waals surface area contributed by atoms with Crippen LogP contribution in [0.5, 0.6) is 0 Å². The molecule has 0 atom stereocenters. The molecule has 17 heavy (non-hydrogen) atoms. The number of hydrogen-bond acceptors (Lipinski definition) is 3. The van der Waals surface area contributed by atoms with Crippen molar-refractivity contribution < 1.29 is 4.79 Å². The van der Waals surface area contributed by atoms with Gasteiger partial charge in [0.15, 0.2) is 0 Å². The van der Waals surface area contributed by atoms with Gasteiger partial charge >= 0.3 is 0 Å². The largest absolute Gasteiger partial charge is 0.340 e. The van der Waals surface area contributed by atoms with Crippen LogP contribution in [0.3, 0.4) is 0 Å². The van der Waals surface area contributed by atoms with Crippen molar-refractivity contribution in [1.29, 1.82) is 0 Å². The predicted octanol–water partition coefficient (Wildman–Crippen LogP) is 0.882. The minimum Gasteiger partial charge on any atom is -0.340 e. The summed E-state index contributed by atoms with van der Waals surface area (Å²) in [6.07, 6.45) is 3.11. The second-order valence-corrected chi connectivity index (χ2v) is 5.09. The normalized spacial score (nSPS) is 17.8. The van der Waals surface area contributed by atoms with E-state index in [4.69, 9.17) is 0 Å². The van der Waals surface area contributed by atoms with Gasteiger partial charge in [-0.25, -0.2) is 0 Å². The van der Waals surface area contributed by atoms with Gasteiger partial charge in [0.1, 0.15) is 0 Å². The van der Waals surface area contributed by atoms with Gasteiger partial charge in [-0.05, 0) is 27.1 Å². The Labute approximate surface area is 106 Å². The molecule has 4 nitrogen and oxygen atoms in total. The number of carbonyl (C=O) groups is 1. The third-order valence-electron chi connectivity index (χ3n) is 3.46. The molecule has 0 saturated carbocycles. The second-order valence-electron chi connectivity index (χ2n) is 5.09. The first-order valence-corrected chi connectivity index (χ1v) is 6.78. The molecule has 0 aromatic carbocycles. The second kappa shape index (κ2) is 7.67. The number of carbonyl (C=O) groups excluding carboxylic acids is 1. The van der Waals surface area contributed by atoms with Crippen LogP contribution in [0.2, 0.25) is 0 Å². The average Bonchev–Trinajstić information content (AvgIpc) is 2.34. The van der Waals surface area contributed by atoms with E-state index in [0.29, 0.717) is 12.3 Å². The maximum atomic E-state index is 12.0. The van der Waals surface area contributed by atoms with Gasteiger partial charge < -0.3 is 14.7 Å². The lowest BCUT2D eigenvalue weighted by Crippen LogP contribution is -2.47. The van der Waals surface area contributed by atoms with E-state index < -0.39 is 0 Å². The molecule has 1 aliphatic rings. The zero-order chi connectivity index (χ0) is 12.7. The molecule has 0 unspecified atom stereocenters. The highest BCUT2D eigenvalue weighted by Crippen LogP contribution is 2.03. The fourth-order valence-corrected chi connectivity index (χ4v) is 2.04. The lowest BCUT2D eigenvalue weighted by atomic mass is 10.2. The summed E-state index contributed by atoms with van der Waals surface area (Å²) in [5.74, 6) is 0.321. The van der Waals surface area contributed by atoms with Crippen molar-refractivity contribution in [3.63, 3.8) is 0 Å². The molecule has 1 amide bonds. The van der Waals surface area contributed by atoms with E-state index in [-0.39, 0.29) is 0 Å². The summed E-state index contributed by atoms with van der Waals surface area (Å²) < 4.78 is 0. The first-order valence-electron chi connectivity index (χ1n) is 6.78. The van der Waals surface area contributed by atoms with Crippen molar-refractivity contribution in [1.82, 2.24) is 14.7 Å². The Morgan fingerprint density at radius 1 is 1.18 bits per heavy atom. The Kier molecular flexibility index (Phi) is 6.52. The number of rotatable bonds is 6. The summed E-state index contributed by atoms with van der Waals surface area (Å²) in [5.41, 5.74) is 0. The van der Waals surface area contributed by atoms with Crippen molar-refractivity contribution in [3.8, 4) is 0 Å². The van der Waals surface area contributed by atoms with Gasteiger partial charge in [-0.2, -0.15) is 0 Å². The van der Waals surface area contributed by atoms with Crippen molar-refractivity contribution in [2.45, 2.75) is 26.2 Å². The van der Waals surface area contributed by atoms with Crippen molar-refractivity contribution in [2.75, 3.05) is 53.4 Å². The van der Waals surface area contributed by atoms with Crippen LogP contribution in [0.15, 0.2) is 0 Å². The lowest BCUT2D eigenvalue weighted by Gasteiger charge is -2.32. The molecule has 4 heteroatoms. The molecule has 0 N–H and O–H groups in total. The van der Waals surface area contributed by atoms with Gasteiger partial charge in [-0.15, -0.1) is 0 Å². The minimum absolute atomic E-state index is 0.321. The number of amides is 1. The number of piperazine rings is 1. The minimum atomic E-state index is 0.321. The monoisotopic (exact) mass is 241 g/mol. The highest BCUT2D eigenvalue weighted by Gasteiger charge is 2.18. The highest BCUT2D eigenvalue weighted by atomic mass is 16.2. The van der Waals surface area contributed by atoms with E-state index in [9.17, 15) is 4.79 Å². The standard InChI is InChI=1S/C13H27N3O/c1-4-5-7-14(2)8-6-13(17)16-11-9-15(3)10-12-16/h4-12H2,1-3H3. The van der Waals surface area contributed by atoms with Crippen LogP contribution in [-0.2, 0) is 4.79 Å². The lowest BCUT2D eigenvalue weighted by molar-refractivity contribution is -0.133. The van der Waals surface area contributed by atoms with E-state index in [1.807, 2.05) is 4.90 Å². The maximum absolute atomic E-state index is 12.0. The van der Waals surface area contributed by atoms with Crippen LogP contribution in [0.1, 0.15) is 26.2 Å². The number of nitrogens with zero attached hydrogens (tertiary/aromatic N) is 3. The van der Waals surface area contributed by atoms with Crippen LogP contribution < -0.4 is 0 Å². The molecule has 0 radical (unpaired) electrons. The molecule has 0 aliphatic carbocycles. The first-order chi connectivity index (χ1) is 8.13. The molecule has 100 valence electrons. The molecule has 1 rings (SSSR count). The van der Waals surface area contributed by atoms with Crippen molar-refractivity contribution in [2.24, 2.45) is 0 Å². The Bertz CT molecular complexity index is 225. The van der Waals surface area contributed by atoms with Gasteiger partial charge in [0.25, 0.3) is 0 Å². The quantitative estimate of drug-likeness (QED) is 0.691. The van der Waals surface area contributed by atoms with Gasteiger partial charge in [0, 0.05) is 39.1 Å². The van der Waals surface area contributed by atoms with Gasteiger partial charge in [-0.3, -0.25) is 4.79 Å². The number of hydrogen-bond donors (Lipinski definition) is 0. The summed E-state index contributed by atoms with van der Waals surface area (Å²) in [5, 5.41) is 0. The Hall–Kier alpha value is -0.610. The van der Waals surface area contributed by atoms with Crippen LogP contribution in [0.4, 0.5) is 0 Å². The fourth-order valence-electron chi connectivity index (χ4n) is 2.04. The summed E-state index contributed by atoms with van der Waals surface area (Å²) in [7, 11) is 4.22. The van der Waals surface area contributed by atoms with E-state index in [1.54, 1.807) is 0 Å². The SMILES string of the molecule is CCCCN(C)CCC(=O)N1CCN(C)CC1. The smallest absolute Gasteiger partial charge is 0.223 e. The van der Waals surface area contributed by atoms with Crippen molar-refractivity contribution in [3.05, 3.63) is 0 Å². The van der Waals surface area contributed by atoms with E-state index in [0.717, 1.165) is 39.3 Å². The Balaban J connectivity index is 2.16. The molecule has 1 fully saturated rings. The van der Waals surface area contributed by atoms with Crippen molar-refractivity contribution >= 4 is 5.91 Å². The third kappa shape index (κ3) is 5.50. The van der Waals surface area contributed by atoms with Crippen LogP contribution in [0, 0.1) is 0 Å². The highest BCUT2D eigenvalue weighted by molar-refractivity contribution is 5.76. The van der Waals surface area contributed by atoms with E-state index in [2.05, 4.69) is 30.8 Å². The Morgan fingerprint density at radius 2 is 1.82 bits per heavy atom. The molecule has 1 heterocycles. The molecule has 0 aromatic rings. The van der Waals surface area contributed by atoms with Crippen LogP contribution in [-0.4, -0.2) is 74.0 Å². The summed E-state index contributed by atoms with van der Waals surface area (Å²) in [6.45, 7) is 8.01. The fraction of sp³-hybridized carbons (Fsp3) is 0.923. The Morgan fingerprint density at radius 3 is 2.41 bits per heavy atom. The molecule has 0 aromatic heterocycles.